The molecule has 0 unspecified atom stereocenters. The molecule has 0 bridgehead atoms. The van der Waals surface area contributed by atoms with Crippen molar-refractivity contribution >= 4 is 27.1 Å². The number of piperidine rings is 1. The van der Waals surface area contributed by atoms with Crippen molar-refractivity contribution in [3.8, 4) is 5.75 Å². The van der Waals surface area contributed by atoms with Crippen molar-refractivity contribution in [2.45, 2.75) is 42.9 Å². The first kappa shape index (κ1) is 17.7. The van der Waals surface area contributed by atoms with Crippen LogP contribution < -0.4 is 4.74 Å². The van der Waals surface area contributed by atoms with Gasteiger partial charge in [0, 0.05) is 25.9 Å². The van der Waals surface area contributed by atoms with Gasteiger partial charge in [-0.2, -0.15) is 4.31 Å². The molecule has 7 heteroatoms. The number of benzene rings is 1. The maximum absolute atomic E-state index is 12.7. The normalized spacial score (nSPS) is 20.0. The Morgan fingerprint density at radius 3 is 2.50 bits per heavy atom. The smallest absolute Gasteiger partial charge is 0.252 e. The minimum atomic E-state index is -3.45. The minimum Gasteiger partial charge on any atom is -0.486 e. The van der Waals surface area contributed by atoms with Gasteiger partial charge in [0.05, 0.1) is 12.0 Å². The van der Waals surface area contributed by atoms with E-state index >= 15 is 0 Å². The highest BCUT2D eigenvalue weighted by Gasteiger charge is 2.45. The third-order valence-electron chi connectivity index (χ3n) is 5.43. The third-order valence-corrected chi connectivity index (χ3v) is 8.70. The van der Waals surface area contributed by atoms with Crippen LogP contribution in [0.1, 0.15) is 40.7 Å². The Labute approximate surface area is 157 Å². The summed E-state index contributed by atoms with van der Waals surface area (Å²) in [4.78, 5) is 12.7. The lowest BCUT2D eigenvalue weighted by Crippen LogP contribution is -2.52. The van der Waals surface area contributed by atoms with Crippen molar-refractivity contribution in [2.24, 2.45) is 0 Å². The molecule has 2 aliphatic heterocycles. The van der Waals surface area contributed by atoms with E-state index < -0.39 is 15.6 Å². The van der Waals surface area contributed by atoms with Gasteiger partial charge in [-0.05, 0) is 48.6 Å². The lowest BCUT2D eigenvalue weighted by molar-refractivity contribution is 0.00588. The van der Waals surface area contributed by atoms with Gasteiger partial charge in [0.1, 0.15) is 15.6 Å². The fraction of sp³-hybridized carbons (Fsp3) is 0.421. The molecule has 3 heterocycles. The first-order valence-electron chi connectivity index (χ1n) is 8.68. The molecule has 1 fully saturated rings. The Morgan fingerprint density at radius 2 is 1.85 bits per heavy atom. The monoisotopic (exact) mass is 391 g/mol. The summed E-state index contributed by atoms with van der Waals surface area (Å²) in [5.41, 5.74) is 2.22. The number of ether oxygens (including phenoxy) is 1. The molecule has 138 valence electrons. The van der Waals surface area contributed by atoms with Crippen LogP contribution in [0.3, 0.4) is 0 Å². The fourth-order valence-electron chi connectivity index (χ4n) is 3.70. The molecule has 1 aromatic carbocycles. The summed E-state index contributed by atoms with van der Waals surface area (Å²) < 4.78 is 33.5. The quantitative estimate of drug-likeness (QED) is 0.785. The number of rotatable bonds is 2. The van der Waals surface area contributed by atoms with Crippen LogP contribution in [-0.2, 0) is 10.0 Å². The molecular weight excluding hydrogens is 370 g/mol. The Morgan fingerprint density at radius 1 is 1.15 bits per heavy atom. The largest absolute Gasteiger partial charge is 0.486 e. The molecular formula is C19H21NO4S2. The number of sulfonamides is 1. The Bertz CT molecular complexity index is 956. The van der Waals surface area contributed by atoms with Crippen molar-refractivity contribution in [1.29, 1.82) is 0 Å². The molecule has 5 nitrogen and oxygen atoms in total. The molecule has 0 amide bonds. The maximum atomic E-state index is 12.7. The van der Waals surface area contributed by atoms with E-state index in [0.717, 1.165) is 11.1 Å². The van der Waals surface area contributed by atoms with Crippen LogP contribution in [0.25, 0.3) is 0 Å². The molecule has 0 atom stereocenters. The number of ketones is 1. The van der Waals surface area contributed by atoms with Crippen molar-refractivity contribution in [3.05, 3.63) is 46.3 Å². The Balaban J connectivity index is 1.56. The second-order valence-corrected chi connectivity index (χ2v) is 10.3. The standard InChI is InChI=1S/C19H21NO4S2/c1-13-10-15-16(21)12-19(24-17(15)11-14(13)2)5-7-20(8-6-19)26(22,23)18-4-3-9-25-18/h3-4,9-11H,5-8,12H2,1-2H3. The lowest BCUT2D eigenvalue weighted by Gasteiger charge is -2.43. The number of thiophene rings is 1. The number of nitrogens with zero attached hydrogens (tertiary/aromatic N) is 1. The average molecular weight is 392 g/mol. The molecule has 2 aromatic rings. The zero-order valence-electron chi connectivity index (χ0n) is 14.8. The van der Waals surface area contributed by atoms with Gasteiger partial charge in [-0.3, -0.25) is 4.79 Å². The van der Waals surface area contributed by atoms with Crippen LogP contribution >= 0.6 is 11.3 Å². The van der Waals surface area contributed by atoms with Crippen molar-refractivity contribution in [1.82, 2.24) is 4.31 Å². The third kappa shape index (κ3) is 2.88. The number of carbonyl (C=O) groups is 1. The Kier molecular flexibility index (Phi) is 4.21. The van der Waals surface area contributed by atoms with E-state index in [4.69, 9.17) is 4.74 Å². The van der Waals surface area contributed by atoms with Crippen LogP contribution in [0.4, 0.5) is 0 Å². The molecule has 26 heavy (non-hydrogen) atoms. The molecule has 0 N–H and O–H groups in total. The summed E-state index contributed by atoms with van der Waals surface area (Å²) in [6.07, 6.45) is 1.36. The van der Waals surface area contributed by atoms with Gasteiger partial charge in [-0.1, -0.05) is 6.07 Å². The summed E-state index contributed by atoms with van der Waals surface area (Å²) >= 11 is 1.23. The van der Waals surface area contributed by atoms with Crippen LogP contribution in [-0.4, -0.2) is 37.2 Å². The van der Waals surface area contributed by atoms with Gasteiger partial charge in [0.15, 0.2) is 5.78 Å². The summed E-state index contributed by atoms with van der Waals surface area (Å²) in [5.74, 6) is 0.725. The molecule has 1 spiro atoms. The van der Waals surface area contributed by atoms with Crippen molar-refractivity contribution in [2.75, 3.05) is 13.1 Å². The second-order valence-electron chi connectivity index (χ2n) is 7.15. The highest BCUT2D eigenvalue weighted by atomic mass is 32.2. The number of fused-ring (bicyclic) bond motifs is 1. The maximum Gasteiger partial charge on any atom is 0.252 e. The summed E-state index contributed by atoms with van der Waals surface area (Å²) in [6.45, 7) is 4.73. The SMILES string of the molecule is Cc1cc2c(cc1C)C(=O)CC1(CCN(S(=O)(=O)c3cccs3)CC1)O2. The van der Waals surface area contributed by atoms with E-state index in [0.29, 0.717) is 47.9 Å². The first-order valence-corrected chi connectivity index (χ1v) is 11.0. The summed E-state index contributed by atoms with van der Waals surface area (Å²) in [6, 6.07) is 7.20. The Hall–Kier alpha value is -1.70. The topological polar surface area (TPSA) is 63.7 Å². The van der Waals surface area contributed by atoms with Gasteiger partial charge in [-0.15, -0.1) is 11.3 Å². The van der Waals surface area contributed by atoms with Crippen LogP contribution in [0.2, 0.25) is 0 Å². The molecule has 0 aliphatic carbocycles. The summed E-state index contributed by atoms with van der Waals surface area (Å²) in [5, 5.41) is 1.77. The number of hydrogen-bond acceptors (Lipinski definition) is 5. The fourth-order valence-corrected chi connectivity index (χ4v) is 6.29. The number of carbonyl (C=O) groups excluding carboxylic acids is 1. The number of aryl methyl sites for hydroxylation is 2. The van der Waals surface area contributed by atoms with E-state index in [9.17, 15) is 13.2 Å². The van der Waals surface area contributed by atoms with E-state index in [1.807, 2.05) is 26.0 Å². The molecule has 4 rings (SSSR count). The lowest BCUT2D eigenvalue weighted by atomic mass is 9.82. The summed E-state index contributed by atoms with van der Waals surface area (Å²) in [7, 11) is -3.45. The first-order chi connectivity index (χ1) is 12.3. The average Bonchev–Trinajstić information content (AvgIpc) is 3.13. The number of hydrogen-bond donors (Lipinski definition) is 0. The highest BCUT2D eigenvalue weighted by molar-refractivity contribution is 7.91. The van der Waals surface area contributed by atoms with E-state index in [1.54, 1.807) is 17.5 Å². The molecule has 2 aliphatic rings. The van der Waals surface area contributed by atoms with E-state index in [1.165, 1.54) is 15.6 Å². The van der Waals surface area contributed by atoms with Gasteiger partial charge in [-0.25, -0.2) is 8.42 Å². The van der Waals surface area contributed by atoms with Crippen molar-refractivity contribution in [3.63, 3.8) is 0 Å². The number of Topliss-reactive ketones (excluding diaryl/α,β-unsaturated/α-hetero) is 1. The second kappa shape index (κ2) is 6.18. The van der Waals surface area contributed by atoms with Gasteiger partial charge in [0.2, 0.25) is 0 Å². The van der Waals surface area contributed by atoms with E-state index in [2.05, 4.69) is 0 Å². The minimum absolute atomic E-state index is 0.0870. The van der Waals surface area contributed by atoms with E-state index in [-0.39, 0.29) is 5.78 Å². The van der Waals surface area contributed by atoms with Gasteiger partial charge in [0.25, 0.3) is 10.0 Å². The molecule has 1 saturated heterocycles. The molecule has 0 radical (unpaired) electrons. The zero-order valence-corrected chi connectivity index (χ0v) is 16.5. The van der Waals surface area contributed by atoms with Gasteiger partial charge < -0.3 is 4.74 Å². The van der Waals surface area contributed by atoms with Crippen molar-refractivity contribution < 1.29 is 17.9 Å². The van der Waals surface area contributed by atoms with Gasteiger partial charge >= 0.3 is 0 Å². The predicted octanol–water partition coefficient (Wildman–Crippen LogP) is 3.55. The van der Waals surface area contributed by atoms with Crippen LogP contribution in [0, 0.1) is 13.8 Å². The van der Waals surface area contributed by atoms with Crippen LogP contribution in [0.15, 0.2) is 33.9 Å². The molecule has 1 aromatic heterocycles. The van der Waals surface area contributed by atoms with Crippen LogP contribution in [0.5, 0.6) is 5.75 Å². The highest BCUT2D eigenvalue weighted by Crippen LogP contribution is 2.41. The zero-order chi connectivity index (χ0) is 18.5. The molecule has 0 saturated carbocycles. The predicted molar refractivity (Wildman–Crippen MR) is 101 cm³/mol.